The second kappa shape index (κ2) is 5.31. The zero-order chi connectivity index (χ0) is 13.1. The summed E-state index contributed by atoms with van der Waals surface area (Å²) in [5.74, 6) is -1.04. The van der Waals surface area contributed by atoms with Crippen molar-refractivity contribution >= 4 is 15.8 Å². The molecule has 4 nitrogen and oxygen atoms in total. The Morgan fingerprint density at radius 3 is 2.53 bits per heavy atom. The molecule has 1 N–H and O–H groups in total. The first-order valence-electron chi connectivity index (χ1n) is 5.45. The van der Waals surface area contributed by atoms with Gasteiger partial charge in [-0.05, 0) is 31.0 Å². The van der Waals surface area contributed by atoms with Gasteiger partial charge < -0.3 is 5.11 Å². The Hall–Kier alpha value is -1.36. The number of aromatic carboxylic acids is 1. The number of hydrogen-bond acceptors (Lipinski definition) is 3. The molecule has 0 radical (unpaired) electrons. The van der Waals surface area contributed by atoms with E-state index < -0.39 is 15.8 Å². The predicted octanol–water partition coefficient (Wildman–Crippen LogP) is 2.27. The lowest BCUT2D eigenvalue weighted by Gasteiger charge is -2.09. The standard InChI is InChI=1S/C12H16O4S/c1-3-4-8-17(15,16)11-7-5-6-10(9(11)2)12(13)14/h5-7H,3-4,8H2,1-2H3,(H,13,14). The van der Waals surface area contributed by atoms with Gasteiger partial charge in [-0.3, -0.25) is 0 Å². The molecule has 0 saturated carbocycles. The summed E-state index contributed by atoms with van der Waals surface area (Å²) in [6.07, 6.45) is 1.37. The Labute approximate surface area is 101 Å². The second-order valence-electron chi connectivity index (χ2n) is 3.91. The first-order chi connectivity index (χ1) is 7.90. The molecule has 0 unspecified atom stereocenters. The van der Waals surface area contributed by atoms with Crippen molar-refractivity contribution in [3.63, 3.8) is 0 Å². The van der Waals surface area contributed by atoms with Gasteiger partial charge in [-0.2, -0.15) is 0 Å². The molecule has 0 aromatic heterocycles. The maximum absolute atomic E-state index is 12.0. The van der Waals surface area contributed by atoms with Crippen LogP contribution in [-0.4, -0.2) is 25.2 Å². The highest BCUT2D eigenvalue weighted by Gasteiger charge is 2.19. The molecule has 0 fully saturated rings. The first kappa shape index (κ1) is 13.7. The third-order valence-corrected chi connectivity index (χ3v) is 4.55. The Bertz CT molecular complexity index is 517. The lowest BCUT2D eigenvalue weighted by molar-refractivity contribution is 0.0696. The number of carboxylic acid groups (broad SMARTS) is 1. The van der Waals surface area contributed by atoms with Gasteiger partial charge in [0.2, 0.25) is 0 Å². The molecule has 17 heavy (non-hydrogen) atoms. The zero-order valence-electron chi connectivity index (χ0n) is 9.93. The van der Waals surface area contributed by atoms with Crippen LogP contribution < -0.4 is 0 Å². The molecule has 0 aliphatic heterocycles. The third-order valence-electron chi connectivity index (χ3n) is 2.62. The smallest absolute Gasteiger partial charge is 0.335 e. The van der Waals surface area contributed by atoms with Gasteiger partial charge in [-0.1, -0.05) is 19.4 Å². The predicted molar refractivity (Wildman–Crippen MR) is 65.1 cm³/mol. The van der Waals surface area contributed by atoms with Gasteiger partial charge in [0.25, 0.3) is 0 Å². The number of sulfone groups is 1. The first-order valence-corrected chi connectivity index (χ1v) is 7.11. The monoisotopic (exact) mass is 256 g/mol. The highest BCUT2D eigenvalue weighted by Crippen LogP contribution is 2.21. The topological polar surface area (TPSA) is 71.4 Å². The Morgan fingerprint density at radius 2 is 2.00 bits per heavy atom. The van der Waals surface area contributed by atoms with Crippen LogP contribution >= 0.6 is 0 Å². The summed E-state index contributed by atoms with van der Waals surface area (Å²) in [6.45, 7) is 3.44. The highest BCUT2D eigenvalue weighted by atomic mass is 32.2. The minimum Gasteiger partial charge on any atom is -0.478 e. The summed E-state index contributed by atoms with van der Waals surface area (Å²) >= 11 is 0. The van der Waals surface area contributed by atoms with Gasteiger partial charge in [0.15, 0.2) is 9.84 Å². The van der Waals surface area contributed by atoms with Gasteiger partial charge >= 0.3 is 5.97 Å². The summed E-state index contributed by atoms with van der Waals surface area (Å²) in [5.41, 5.74) is 0.360. The van der Waals surface area contributed by atoms with Crippen LogP contribution in [0.4, 0.5) is 0 Å². The minimum absolute atomic E-state index is 0.0440. The van der Waals surface area contributed by atoms with E-state index in [0.29, 0.717) is 12.0 Å². The van der Waals surface area contributed by atoms with Crippen LogP contribution in [0.2, 0.25) is 0 Å². The number of benzene rings is 1. The Morgan fingerprint density at radius 1 is 1.35 bits per heavy atom. The number of rotatable bonds is 5. The second-order valence-corrected chi connectivity index (χ2v) is 5.98. The van der Waals surface area contributed by atoms with Crippen LogP contribution in [0.15, 0.2) is 23.1 Å². The fourth-order valence-electron chi connectivity index (χ4n) is 1.63. The maximum atomic E-state index is 12.0. The molecule has 0 aliphatic rings. The van der Waals surface area contributed by atoms with Crippen molar-refractivity contribution in [3.05, 3.63) is 29.3 Å². The molecule has 1 aromatic rings. The third kappa shape index (κ3) is 3.06. The molecule has 0 heterocycles. The van der Waals surface area contributed by atoms with E-state index in [0.717, 1.165) is 6.42 Å². The number of carbonyl (C=O) groups is 1. The van der Waals surface area contributed by atoms with Gasteiger partial charge in [0.1, 0.15) is 0 Å². The number of carboxylic acids is 1. The van der Waals surface area contributed by atoms with E-state index in [1.54, 1.807) is 0 Å². The highest BCUT2D eigenvalue weighted by molar-refractivity contribution is 7.91. The molecule has 0 atom stereocenters. The number of hydrogen-bond donors (Lipinski definition) is 1. The summed E-state index contributed by atoms with van der Waals surface area (Å²) in [4.78, 5) is 11.1. The average Bonchev–Trinajstić information content (AvgIpc) is 2.26. The zero-order valence-corrected chi connectivity index (χ0v) is 10.8. The Kier molecular flexibility index (Phi) is 4.28. The summed E-state index contributed by atoms with van der Waals surface area (Å²) < 4.78 is 24.0. The van der Waals surface area contributed by atoms with Crippen molar-refractivity contribution in [1.82, 2.24) is 0 Å². The van der Waals surface area contributed by atoms with Crippen molar-refractivity contribution < 1.29 is 18.3 Å². The molecular formula is C12H16O4S. The largest absolute Gasteiger partial charge is 0.478 e. The fraction of sp³-hybridized carbons (Fsp3) is 0.417. The molecule has 1 rings (SSSR count). The van der Waals surface area contributed by atoms with Gasteiger partial charge in [0, 0.05) is 0 Å². The molecule has 0 aliphatic carbocycles. The molecule has 1 aromatic carbocycles. The van der Waals surface area contributed by atoms with Crippen molar-refractivity contribution in [2.45, 2.75) is 31.6 Å². The average molecular weight is 256 g/mol. The van der Waals surface area contributed by atoms with E-state index in [1.807, 2.05) is 6.92 Å². The minimum atomic E-state index is -3.37. The molecule has 0 bridgehead atoms. The van der Waals surface area contributed by atoms with Gasteiger partial charge in [0.05, 0.1) is 16.2 Å². The summed E-state index contributed by atoms with van der Waals surface area (Å²) in [7, 11) is -3.37. The van der Waals surface area contributed by atoms with Gasteiger partial charge in [-0.15, -0.1) is 0 Å². The van der Waals surface area contributed by atoms with E-state index in [9.17, 15) is 13.2 Å². The van der Waals surface area contributed by atoms with Crippen molar-refractivity contribution in [2.75, 3.05) is 5.75 Å². The van der Waals surface area contributed by atoms with E-state index >= 15 is 0 Å². The summed E-state index contributed by atoms with van der Waals surface area (Å²) in [5, 5.41) is 8.94. The van der Waals surface area contributed by atoms with Crippen molar-refractivity contribution in [3.8, 4) is 0 Å². The van der Waals surface area contributed by atoms with Crippen LogP contribution in [0.5, 0.6) is 0 Å². The van der Waals surface area contributed by atoms with Crippen molar-refractivity contribution in [1.29, 1.82) is 0 Å². The van der Waals surface area contributed by atoms with E-state index in [-0.39, 0.29) is 16.2 Å². The maximum Gasteiger partial charge on any atom is 0.335 e. The molecular weight excluding hydrogens is 240 g/mol. The van der Waals surface area contributed by atoms with Crippen LogP contribution in [0.25, 0.3) is 0 Å². The van der Waals surface area contributed by atoms with E-state index in [1.165, 1.54) is 25.1 Å². The van der Waals surface area contributed by atoms with Crippen LogP contribution in [-0.2, 0) is 9.84 Å². The molecule has 94 valence electrons. The fourth-order valence-corrected chi connectivity index (χ4v) is 3.38. The van der Waals surface area contributed by atoms with Crippen LogP contribution in [0, 0.1) is 6.92 Å². The van der Waals surface area contributed by atoms with E-state index in [4.69, 9.17) is 5.11 Å². The van der Waals surface area contributed by atoms with Crippen LogP contribution in [0.3, 0.4) is 0 Å². The molecule has 0 spiro atoms. The number of unbranched alkanes of at least 4 members (excludes halogenated alkanes) is 1. The molecule has 0 amide bonds. The molecule has 0 saturated heterocycles. The quantitative estimate of drug-likeness (QED) is 0.877. The van der Waals surface area contributed by atoms with Crippen molar-refractivity contribution in [2.24, 2.45) is 0 Å². The van der Waals surface area contributed by atoms with Gasteiger partial charge in [-0.25, -0.2) is 13.2 Å². The summed E-state index contributed by atoms with van der Waals surface area (Å²) in [6, 6.07) is 4.35. The SMILES string of the molecule is CCCCS(=O)(=O)c1cccc(C(=O)O)c1C. The van der Waals surface area contributed by atoms with Crippen LogP contribution in [0.1, 0.15) is 35.7 Å². The Balaban J connectivity index is 3.24. The van der Waals surface area contributed by atoms with E-state index in [2.05, 4.69) is 0 Å². The molecule has 5 heteroatoms. The normalized spacial score (nSPS) is 11.4. The lowest BCUT2D eigenvalue weighted by Crippen LogP contribution is -2.11. The lowest BCUT2D eigenvalue weighted by atomic mass is 10.1.